The Hall–Kier alpha value is -2.49. The highest BCUT2D eigenvalue weighted by Gasteiger charge is 2.10. The van der Waals surface area contributed by atoms with Crippen LogP contribution in [0.3, 0.4) is 0 Å². The minimum atomic E-state index is -0.191. The molecule has 25 heavy (non-hydrogen) atoms. The number of nitrogens with one attached hydrogen (secondary N) is 1. The van der Waals surface area contributed by atoms with E-state index < -0.39 is 0 Å². The second kappa shape index (κ2) is 9.11. The largest absolute Gasteiger partial charge is 0.494 e. The Labute approximate surface area is 150 Å². The van der Waals surface area contributed by atoms with Crippen LogP contribution >= 0.6 is 0 Å². The molecule has 0 unspecified atom stereocenters. The predicted molar refractivity (Wildman–Crippen MR) is 102 cm³/mol. The van der Waals surface area contributed by atoms with Crippen molar-refractivity contribution in [1.29, 1.82) is 0 Å². The maximum atomic E-state index is 12.2. The van der Waals surface area contributed by atoms with Gasteiger partial charge in [-0.25, -0.2) is 0 Å². The van der Waals surface area contributed by atoms with Gasteiger partial charge in [-0.3, -0.25) is 4.79 Å². The van der Waals surface area contributed by atoms with Crippen LogP contribution in [-0.4, -0.2) is 19.1 Å². The quantitative estimate of drug-likeness (QED) is 0.741. The molecule has 134 valence electrons. The highest BCUT2D eigenvalue weighted by molar-refractivity contribution is 5.92. The highest BCUT2D eigenvalue weighted by atomic mass is 16.5. The third kappa shape index (κ3) is 5.82. The maximum Gasteiger partial charge on any atom is 0.262 e. The van der Waals surface area contributed by atoms with Gasteiger partial charge in [0.05, 0.1) is 6.61 Å². The first kappa shape index (κ1) is 18.8. The van der Waals surface area contributed by atoms with Crippen LogP contribution in [0.15, 0.2) is 42.5 Å². The third-order valence-corrected chi connectivity index (χ3v) is 3.74. The number of hydrogen-bond acceptors (Lipinski definition) is 3. The summed E-state index contributed by atoms with van der Waals surface area (Å²) in [5.74, 6) is 1.67. The molecule has 0 radical (unpaired) electrons. The lowest BCUT2D eigenvalue weighted by Crippen LogP contribution is -2.20. The Morgan fingerprint density at radius 1 is 1.12 bits per heavy atom. The fraction of sp³-hybridized carbons (Fsp3) is 0.381. The van der Waals surface area contributed by atoms with E-state index in [0.717, 1.165) is 29.0 Å². The van der Waals surface area contributed by atoms with Crippen molar-refractivity contribution in [1.82, 2.24) is 0 Å². The van der Waals surface area contributed by atoms with Gasteiger partial charge in [-0.15, -0.1) is 0 Å². The number of rotatable bonds is 8. The number of anilines is 1. The summed E-state index contributed by atoms with van der Waals surface area (Å²) >= 11 is 0. The van der Waals surface area contributed by atoms with E-state index in [1.807, 2.05) is 37.3 Å². The van der Waals surface area contributed by atoms with Gasteiger partial charge in [0.25, 0.3) is 5.91 Å². The van der Waals surface area contributed by atoms with Gasteiger partial charge in [-0.1, -0.05) is 39.0 Å². The van der Waals surface area contributed by atoms with E-state index in [2.05, 4.69) is 38.2 Å². The number of carbonyl (C=O) groups is 1. The number of aryl methyl sites for hydroxylation is 1. The molecule has 0 bridgehead atoms. The van der Waals surface area contributed by atoms with Gasteiger partial charge in [0.15, 0.2) is 6.61 Å². The van der Waals surface area contributed by atoms with E-state index in [1.165, 1.54) is 0 Å². The Morgan fingerprint density at radius 2 is 1.92 bits per heavy atom. The molecule has 2 aromatic rings. The van der Waals surface area contributed by atoms with Crippen LogP contribution in [0.2, 0.25) is 0 Å². The minimum Gasteiger partial charge on any atom is -0.494 e. The monoisotopic (exact) mass is 341 g/mol. The maximum absolute atomic E-state index is 12.2. The van der Waals surface area contributed by atoms with Crippen LogP contribution in [0.25, 0.3) is 0 Å². The van der Waals surface area contributed by atoms with Gasteiger partial charge in [0.1, 0.15) is 11.5 Å². The van der Waals surface area contributed by atoms with Gasteiger partial charge in [-0.2, -0.15) is 0 Å². The fourth-order valence-electron chi connectivity index (χ4n) is 2.47. The molecule has 0 aromatic heterocycles. The van der Waals surface area contributed by atoms with Gasteiger partial charge in [0, 0.05) is 11.8 Å². The van der Waals surface area contributed by atoms with Gasteiger partial charge < -0.3 is 14.8 Å². The molecule has 0 atom stereocenters. The highest BCUT2D eigenvalue weighted by Crippen LogP contribution is 2.27. The van der Waals surface area contributed by atoms with E-state index in [-0.39, 0.29) is 12.5 Å². The molecule has 1 N–H and O–H groups in total. The van der Waals surface area contributed by atoms with Crippen LogP contribution in [0.4, 0.5) is 5.69 Å². The molecular weight excluding hydrogens is 314 g/mol. The first-order valence-corrected chi connectivity index (χ1v) is 8.75. The summed E-state index contributed by atoms with van der Waals surface area (Å²) in [5, 5.41) is 2.85. The molecule has 0 aliphatic heterocycles. The molecule has 0 heterocycles. The average Bonchev–Trinajstić information content (AvgIpc) is 2.58. The smallest absolute Gasteiger partial charge is 0.262 e. The van der Waals surface area contributed by atoms with Gasteiger partial charge in [0.2, 0.25) is 0 Å². The van der Waals surface area contributed by atoms with Crippen molar-refractivity contribution in [2.75, 3.05) is 18.5 Å². The molecule has 0 fully saturated rings. The van der Waals surface area contributed by atoms with E-state index in [4.69, 9.17) is 9.47 Å². The average molecular weight is 341 g/mol. The van der Waals surface area contributed by atoms with Crippen LogP contribution in [-0.2, 0) is 4.79 Å². The fourth-order valence-corrected chi connectivity index (χ4v) is 2.47. The standard InChI is InChI=1S/C21H27NO3/c1-5-11-24-18-8-6-7-17(13-18)22-21(23)14-25-20-12-16(4)9-10-19(20)15(2)3/h6-10,12-13,15H,5,11,14H2,1-4H3,(H,22,23). The molecule has 2 rings (SSSR count). The molecule has 4 heteroatoms. The third-order valence-electron chi connectivity index (χ3n) is 3.74. The number of benzene rings is 2. The molecule has 2 aromatic carbocycles. The van der Waals surface area contributed by atoms with Crippen LogP contribution in [0, 0.1) is 6.92 Å². The lowest BCUT2D eigenvalue weighted by Gasteiger charge is -2.15. The zero-order valence-corrected chi connectivity index (χ0v) is 15.5. The summed E-state index contributed by atoms with van der Waals surface area (Å²) in [6, 6.07) is 13.5. The Balaban J connectivity index is 1.96. The Kier molecular flexibility index (Phi) is 6.87. The van der Waals surface area contributed by atoms with Crippen molar-refractivity contribution < 1.29 is 14.3 Å². The molecule has 0 aliphatic carbocycles. The molecular formula is C21H27NO3. The van der Waals surface area contributed by atoms with Crippen LogP contribution in [0.5, 0.6) is 11.5 Å². The van der Waals surface area contributed by atoms with Gasteiger partial charge in [-0.05, 0) is 48.6 Å². The SMILES string of the molecule is CCCOc1cccc(NC(=O)COc2cc(C)ccc2C(C)C)c1. The topological polar surface area (TPSA) is 47.6 Å². The first-order valence-electron chi connectivity index (χ1n) is 8.75. The second-order valence-corrected chi connectivity index (χ2v) is 6.41. The second-order valence-electron chi connectivity index (χ2n) is 6.41. The molecule has 0 aliphatic rings. The van der Waals surface area contributed by atoms with E-state index in [0.29, 0.717) is 18.2 Å². The number of carbonyl (C=O) groups excluding carboxylic acids is 1. The molecule has 0 saturated carbocycles. The first-order chi connectivity index (χ1) is 12.0. The van der Waals surface area contributed by atoms with Crippen molar-refractivity contribution in [2.24, 2.45) is 0 Å². The van der Waals surface area contributed by atoms with Crippen molar-refractivity contribution in [3.8, 4) is 11.5 Å². The molecule has 1 amide bonds. The molecule has 4 nitrogen and oxygen atoms in total. The lowest BCUT2D eigenvalue weighted by molar-refractivity contribution is -0.118. The lowest BCUT2D eigenvalue weighted by atomic mass is 10.0. The van der Waals surface area contributed by atoms with E-state index in [1.54, 1.807) is 0 Å². The summed E-state index contributed by atoms with van der Waals surface area (Å²) in [7, 11) is 0. The summed E-state index contributed by atoms with van der Waals surface area (Å²) in [4.78, 5) is 12.2. The van der Waals surface area contributed by atoms with Crippen molar-refractivity contribution in [3.63, 3.8) is 0 Å². The van der Waals surface area contributed by atoms with E-state index >= 15 is 0 Å². The predicted octanol–water partition coefficient (Wildman–Crippen LogP) is 4.92. The van der Waals surface area contributed by atoms with E-state index in [9.17, 15) is 4.79 Å². The Bertz CT molecular complexity index is 710. The van der Waals surface area contributed by atoms with Crippen molar-refractivity contribution in [2.45, 2.75) is 40.0 Å². The van der Waals surface area contributed by atoms with Crippen LogP contribution < -0.4 is 14.8 Å². The number of ether oxygens (including phenoxy) is 2. The van der Waals surface area contributed by atoms with Crippen molar-refractivity contribution in [3.05, 3.63) is 53.6 Å². The van der Waals surface area contributed by atoms with Gasteiger partial charge >= 0.3 is 0 Å². The number of amides is 1. The summed E-state index contributed by atoms with van der Waals surface area (Å²) < 4.78 is 11.3. The molecule has 0 saturated heterocycles. The number of hydrogen-bond donors (Lipinski definition) is 1. The van der Waals surface area contributed by atoms with Crippen LogP contribution in [0.1, 0.15) is 44.2 Å². The Morgan fingerprint density at radius 3 is 2.64 bits per heavy atom. The molecule has 0 spiro atoms. The summed E-state index contributed by atoms with van der Waals surface area (Å²) in [5.41, 5.74) is 2.92. The normalized spacial score (nSPS) is 10.6. The zero-order valence-electron chi connectivity index (χ0n) is 15.5. The van der Waals surface area contributed by atoms with Crippen molar-refractivity contribution >= 4 is 11.6 Å². The minimum absolute atomic E-state index is 0.0246. The summed E-state index contributed by atoms with van der Waals surface area (Å²) in [6.07, 6.45) is 0.944. The summed E-state index contributed by atoms with van der Waals surface area (Å²) in [6.45, 7) is 8.92. The zero-order chi connectivity index (χ0) is 18.2.